The van der Waals surface area contributed by atoms with Gasteiger partial charge in [-0.3, -0.25) is 0 Å². The zero-order chi connectivity index (χ0) is 18.4. The maximum Gasteiger partial charge on any atom is 0.357 e. The molecule has 3 rings (SSSR count). The molecule has 0 amide bonds. The third kappa shape index (κ3) is 4.14. The molecule has 0 aliphatic rings. The van der Waals surface area contributed by atoms with E-state index in [9.17, 15) is 4.79 Å². The van der Waals surface area contributed by atoms with E-state index in [0.29, 0.717) is 12.3 Å². The Balaban J connectivity index is 1.76. The minimum absolute atomic E-state index is 0.337. The van der Waals surface area contributed by atoms with E-state index in [4.69, 9.17) is 4.74 Å². The fourth-order valence-electron chi connectivity index (χ4n) is 2.94. The van der Waals surface area contributed by atoms with Crippen LogP contribution in [0.1, 0.15) is 34.2 Å². The molecule has 0 unspecified atom stereocenters. The van der Waals surface area contributed by atoms with E-state index in [2.05, 4.69) is 46.4 Å². The van der Waals surface area contributed by atoms with E-state index in [1.807, 2.05) is 25.1 Å². The molecule has 132 valence electrons. The van der Waals surface area contributed by atoms with Gasteiger partial charge in [-0.05, 0) is 43.4 Å². The van der Waals surface area contributed by atoms with Crippen molar-refractivity contribution in [1.82, 2.24) is 9.97 Å². The van der Waals surface area contributed by atoms with Gasteiger partial charge in [0.15, 0.2) is 5.69 Å². The molecule has 0 aliphatic heterocycles. The maximum atomic E-state index is 12.0. The highest BCUT2D eigenvalue weighted by atomic mass is 16.5. The molecule has 0 fully saturated rings. The number of esters is 1. The summed E-state index contributed by atoms with van der Waals surface area (Å²) in [6.07, 6.45) is 3.04. The summed E-state index contributed by atoms with van der Waals surface area (Å²) in [6.45, 7) is 4.00. The highest BCUT2D eigenvalue weighted by Gasteiger charge is 2.15. The molecule has 0 atom stereocenters. The van der Waals surface area contributed by atoms with Crippen LogP contribution in [-0.4, -0.2) is 22.5 Å². The second kappa shape index (κ2) is 8.39. The van der Waals surface area contributed by atoms with Crippen molar-refractivity contribution >= 4 is 5.97 Å². The summed E-state index contributed by atoms with van der Waals surface area (Å²) in [7, 11) is 0. The van der Waals surface area contributed by atoms with Crippen LogP contribution in [0.15, 0.2) is 60.9 Å². The van der Waals surface area contributed by atoms with Crippen molar-refractivity contribution in [2.75, 3.05) is 6.61 Å². The average Bonchev–Trinajstić information content (AvgIpc) is 2.68. The quantitative estimate of drug-likeness (QED) is 0.620. The molecule has 0 saturated heterocycles. The van der Waals surface area contributed by atoms with E-state index in [-0.39, 0.29) is 5.97 Å². The number of hydrogen-bond donors (Lipinski definition) is 0. The number of nitrogens with zero attached hydrogens (tertiary/aromatic N) is 2. The number of ether oxygens (including phenoxy) is 1. The Kier molecular flexibility index (Phi) is 5.74. The van der Waals surface area contributed by atoms with Crippen LogP contribution in [0, 0.1) is 6.92 Å². The lowest BCUT2D eigenvalue weighted by molar-refractivity contribution is 0.0518. The Morgan fingerprint density at radius 3 is 2.50 bits per heavy atom. The molecule has 4 heteroatoms. The maximum absolute atomic E-state index is 12.0. The van der Waals surface area contributed by atoms with Gasteiger partial charge in [0, 0.05) is 11.3 Å². The topological polar surface area (TPSA) is 52.1 Å². The SMILES string of the molecule is CCOC(=O)c1ncnc(CCc2cccc(-c3ccccc3)c2)c1C. The number of aryl methyl sites for hydroxylation is 2. The van der Waals surface area contributed by atoms with Gasteiger partial charge in [-0.2, -0.15) is 0 Å². The van der Waals surface area contributed by atoms with Gasteiger partial charge >= 0.3 is 5.97 Å². The zero-order valence-electron chi connectivity index (χ0n) is 15.1. The van der Waals surface area contributed by atoms with Gasteiger partial charge in [0.1, 0.15) is 6.33 Å². The summed E-state index contributed by atoms with van der Waals surface area (Å²) < 4.78 is 5.06. The van der Waals surface area contributed by atoms with Crippen LogP contribution in [0.4, 0.5) is 0 Å². The van der Waals surface area contributed by atoms with Crippen LogP contribution >= 0.6 is 0 Å². The van der Waals surface area contributed by atoms with Crippen molar-refractivity contribution in [3.05, 3.63) is 83.4 Å². The number of rotatable bonds is 6. The molecule has 1 heterocycles. The summed E-state index contributed by atoms with van der Waals surface area (Å²) in [5, 5.41) is 0. The van der Waals surface area contributed by atoms with Gasteiger partial charge in [-0.1, -0.05) is 54.6 Å². The molecule has 1 aromatic heterocycles. The molecule has 0 spiro atoms. The predicted molar refractivity (Wildman–Crippen MR) is 102 cm³/mol. The molecule has 0 N–H and O–H groups in total. The van der Waals surface area contributed by atoms with E-state index in [1.165, 1.54) is 23.0 Å². The molecular formula is C22H22N2O2. The smallest absolute Gasteiger partial charge is 0.357 e. The monoisotopic (exact) mass is 346 g/mol. The molecule has 3 aromatic rings. The third-order valence-corrected chi connectivity index (χ3v) is 4.34. The molecule has 0 radical (unpaired) electrons. The van der Waals surface area contributed by atoms with Crippen LogP contribution < -0.4 is 0 Å². The minimum Gasteiger partial charge on any atom is -0.461 e. The van der Waals surface area contributed by atoms with E-state index < -0.39 is 0 Å². The normalized spacial score (nSPS) is 10.5. The van der Waals surface area contributed by atoms with Gasteiger partial charge < -0.3 is 4.74 Å². The lowest BCUT2D eigenvalue weighted by Gasteiger charge is -2.09. The lowest BCUT2D eigenvalue weighted by atomic mass is 9.99. The number of carbonyl (C=O) groups excluding carboxylic acids is 1. The summed E-state index contributed by atoms with van der Waals surface area (Å²) in [5.41, 5.74) is 5.68. The van der Waals surface area contributed by atoms with Crippen LogP contribution in [0.25, 0.3) is 11.1 Å². The Morgan fingerprint density at radius 2 is 1.73 bits per heavy atom. The Labute approximate surface area is 153 Å². The number of carbonyl (C=O) groups is 1. The second-order valence-corrected chi connectivity index (χ2v) is 6.08. The molecule has 26 heavy (non-hydrogen) atoms. The van der Waals surface area contributed by atoms with Crippen molar-refractivity contribution in [1.29, 1.82) is 0 Å². The molecule has 0 saturated carbocycles. The number of hydrogen-bond acceptors (Lipinski definition) is 4. The summed E-state index contributed by atoms with van der Waals surface area (Å²) >= 11 is 0. The second-order valence-electron chi connectivity index (χ2n) is 6.08. The van der Waals surface area contributed by atoms with E-state index >= 15 is 0 Å². The predicted octanol–water partition coefficient (Wildman–Crippen LogP) is 4.41. The van der Waals surface area contributed by atoms with Crippen LogP contribution in [-0.2, 0) is 17.6 Å². The largest absolute Gasteiger partial charge is 0.461 e. The van der Waals surface area contributed by atoms with Crippen molar-refractivity contribution in [2.45, 2.75) is 26.7 Å². The summed E-state index contributed by atoms with van der Waals surface area (Å²) in [4.78, 5) is 20.4. The fraction of sp³-hybridized carbons (Fsp3) is 0.227. The van der Waals surface area contributed by atoms with Gasteiger partial charge in [0.2, 0.25) is 0 Å². The van der Waals surface area contributed by atoms with Gasteiger partial charge in [0.05, 0.1) is 6.61 Å². The minimum atomic E-state index is -0.389. The van der Waals surface area contributed by atoms with Crippen LogP contribution in [0.2, 0.25) is 0 Å². The number of aromatic nitrogens is 2. The van der Waals surface area contributed by atoms with Crippen molar-refractivity contribution in [2.24, 2.45) is 0 Å². The highest BCUT2D eigenvalue weighted by Crippen LogP contribution is 2.21. The Bertz CT molecular complexity index is 892. The third-order valence-electron chi connectivity index (χ3n) is 4.34. The molecule has 4 nitrogen and oxygen atoms in total. The first-order valence-corrected chi connectivity index (χ1v) is 8.81. The highest BCUT2D eigenvalue weighted by molar-refractivity contribution is 5.88. The zero-order valence-corrected chi connectivity index (χ0v) is 15.1. The summed E-state index contributed by atoms with van der Waals surface area (Å²) in [5.74, 6) is -0.389. The number of benzene rings is 2. The molecular weight excluding hydrogens is 324 g/mol. The molecule has 0 bridgehead atoms. The van der Waals surface area contributed by atoms with E-state index in [1.54, 1.807) is 6.92 Å². The van der Waals surface area contributed by atoms with Crippen molar-refractivity contribution < 1.29 is 9.53 Å². The lowest BCUT2D eigenvalue weighted by Crippen LogP contribution is -2.12. The average molecular weight is 346 g/mol. The van der Waals surface area contributed by atoms with E-state index in [0.717, 1.165) is 24.1 Å². The van der Waals surface area contributed by atoms with Gasteiger partial charge in [-0.25, -0.2) is 14.8 Å². The first kappa shape index (κ1) is 17.8. The molecule has 2 aromatic carbocycles. The Morgan fingerprint density at radius 1 is 0.962 bits per heavy atom. The molecule has 0 aliphatic carbocycles. The van der Waals surface area contributed by atoms with Gasteiger partial charge in [-0.15, -0.1) is 0 Å². The first-order chi connectivity index (χ1) is 12.7. The van der Waals surface area contributed by atoms with Crippen LogP contribution in [0.3, 0.4) is 0 Å². The standard InChI is InChI=1S/C22H22N2O2/c1-3-26-22(25)21-16(2)20(23-15-24-21)13-12-17-8-7-11-19(14-17)18-9-5-4-6-10-18/h4-11,14-15H,3,12-13H2,1-2H3. The van der Waals surface area contributed by atoms with Crippen LogP contribution in [0.5, 0.6) is 0 Å². The fourth-order valence-corrected chi connectivity index (χ4v) is 2.94. The van der Waals surface area contributed by atoms with Gasteiger partial charge in [0.25, 0.3) is 0 Å². The van der Waals surface area contributed by atoms with Crippen molar-refractivity contribution in [3.63, 3.8) is 0 Å². The Hall–Kier alpha value is -3.01. The first-order valence-electron chi connectivity index (χ1n) is 8.81. The summed E-state index contributed by atoms with van der Waals surface area (Å²) in [6, 6.07) is 18.9. The van der Waals surface area contributed by atoms with Crippen molar-refractivity contribution in [3.8, 4) is 11.1 Å².